The topological polar surface area (TPSA) is 3.88 Å². The third-order valence-corrected chi connectivity index (χ3v) is 4.14. The summed E-state index contributed by atoms with van der Waals surface area (Å²) in [4.78, 5) is 0. The highest BCUT2D eigenvalue weighted by molar-refractivity contribution is 5.62. The largest absolute Gasteiger partial charge is 0.212 e. The first kappa shape index (κ1) is 16.7. The van der Waals surface area contributed by atoms with Gasteiger partial charge in [-0.25, -0.2) is 4.57 Å². The zero-order valence-corrected chi connectivity index (χ0v) is 15.2. The van der Waals surface area contributed by atoms with E-state index in [4.69, 9.17) is 0 Å². The SMILES string of the molecule is Cc1cc(C(C)C)ccc1-c1cc(CC(C)(C)C)cc[n+]1C. The summed E-state index contributed by atoms with van der Waals surface area (Å²) < 4.78 is 2.23. The number of benzene rings is 1. The zero-order valence-electron chi connectivity index (χ0n) is 15.2. The molecule has 1 aromatic carbocycles. The molecule has 118 valence electrons. The molecule has 0 fully saturated rings. The van der Waals surface area contributed by atoms with Crippen LogP contribution in [0.1, 0.15) is 57.2 Å². The zero-order chi connectivity index (χ0) is 16.5. The summed E-state index contributed by atoms with van der Waals surface area (Å²) in [7, 11) is 2.13. The number of nitrogens with zero attached hydrogens (tertiary/aromatic N) is 1. The van der Waals surface area contributed by atoms with Crippen LogP contribution in [0.5, 0.6) is 0 Å². The summed E-state index contributed by atoms with van der Waals surface area (Å²) in [5, 5.41) is 0. The highest BCUT2D eigenvalue weighted by Gasteiger charge is 2.17. The molecule has 0 atom stereocenters. The van der Waals surface area contributed by atoms with Crippen LogP contribution >= 0.6 is 0 Å². The van der Waals surface area contributed by atoms with Crippen molar-refractivity contribution in [2.75, 3.05) is 0 Å². The molecule has 0 aliphatic rings. The first-order valence-corrected chi connectivity index (χ1v) is 8.27. The number of hydrogen-bond donors (Lipinski definition) is 0. The molecule has 0 saturated carbocycles. The van der Waals surface area contributed by atoms with E-state index in [-0.39, 0.29) is 0 Å². The van der Waals surface area contributed by atoms with Gasteiger partial charge in [0.25, 0.3) is 0 Å². The van der Waals surface area contributed by atoms with Crippen molar-refractivity contribution in [1.82, 2.24) is 0 Å². The van der Waals surface area contributed by atoms with Crippen molar-refractivity contribution in [3.05, 3.63) is 53.2 Å². The summed E-state index contributed by atoms with van der Waals surface area (Å²) in [5.74, 6) is 0.578. The molecule has 0 N–H and O–H groups in total. The van der Waals surface area contributed by atoms with E-state index in [0.717, 1.165) is 6.42 Å². The maximum absolute atomic E-state index is 2.35. The van der Waals surface area contributed by atoms with Crippen LogP contribution in [0.2, 0.25) is 0 Å². The van der Waals surface area contributed by atoms with Crippen molar-refractivity contribution in [2.45, 2.75) is 53.9 Å². The van der Waals surface area contributed by atoms with Crippen molar-refractivity contribution in [3.63, 3.8) is 0 Å². The van der Waals surface area contributed by atoms with Gasteiger partial charge in [0.05, 0.1) is 0 Å². The number of aromatic nitrogens is 1. The fraction of sp³-hybridized carbons (Fsp3) is 0.476. The Bertz CT molecular complexity index is 660. The van der Waals surface area contributed by atoms with E-state index < -0.39 is 0 Å². The Kier molecular flexibility index (Phi) is 4.75. The highest BCUT2D eigenvalue weighted by Crippen LogP contribution is 2.27. The molecule has 0 amide bonds. The molecule has 1 aromatic heterocycles. The molecular formula is C21H30N+. The first-order valence-electron chi connectivity index (χ1n) is 8.27. The smallest absolute Gasteiger partial charge is 0.201 e. The summed E-state index contributed by atoms with van der Waals surface area (Å²) in [5.41, 5.74) is 7.13. The van der Waals surface area contributed by atoms with Gasteiger partial charge in [-0.05, 0) is 47.4 Å². The van der Waals surface area contributed by atoms with Gasteiger partial charge in [0.2, 0.25) is 5.69 Å². The van der Waals surface area contributed by atoms with Crippen molar-refractivity contribution >= 4 is 0 Å². The van der Waals surface area contributed by atoms with Crippen LogP contribution in [0, 0.1) is 12.3 Å². The first-order chi connectivity index (χ1) is 10.2. The van der Waals surface area contributed by atoms with Gasteiger partial charge in [0.15, 0.2) is 6.20 Å². The van der Waals surface area contributed by atoms with Crippen LogP contribution in [-0.2, 0) is 13.5 Å². The van der Waals surface area contributed by atoms with Gasteiger partial charge >= 0.3 is 0 Å². The lowest BCUT2D eigenvalue weighted by Crippen LogP contribution is -2.31. The Hall–Kier alpha value is -1.63. The average Bonchev–Trinajstić information content (AvgIpc) is 2.39. The molecule has 0 bridgehead atoms. The molecule has 0 unspecified atom stereocenters. The monoisotopic (exact) mass is 296 g/mol. The Morgan fingerprint density at radius 2 is 1.73 bits per heavy atom. The highest BCUT2D eigenvalue weighted by atomic mass is 14.9. The summed E-state index contributed by atoms with van der Waals surface area (Å²) >= 11 is 0. The number of hydrogen-bond acceptors (Lipinski definition) is 0. The predicted octanol–water partition coefficient (Wildman–Crippen LogP) is 5.20. The van der Waals surface area contributed by atoms with Gasteiger partial charge in [-0.1, -0.05) is 46.8 Å². The molecule has 0 radical (unpaired) electrons. The maximum atomic E-state index is 2.35. The maximum Gasteiger partial charge on any atom is 0.212 e. The normalized spacial score (nSPS) is 12.0. The van der Waals surface area contributed by atoms with Crippen molar-refractivity contribution < 1.29 is 4.57 Å². The summed E-state index contributed by atoms with van der Waals surface area (Å²) in [6, 6.07) is 11.5. The second-order valence-electron chi connectivity index (χ2n) is 8.00. The van der Waals surface area contributed by atoms with E-state index in [1.807, 2.05) is 0 Å². The minimum Gasteiger partial charge on any atom is -0.201 e. The summed E-state index contributed by atoms with van der Waals surface area (Å²) in [6.45, 7) is 13.6. The molecular weight excluding hydrogens is 266 g/mol. The van der Waals surface area contributed by atoms with Crippen LogP contribution in [0.3, 0.4) is 0 Å². The van der Waals surface area contributed by atoms with Crippen molar-refractivity contribution in [3.8, 4) is 11.3 Å². The Morgan fingerprint density at radius 3 is 2.27 bits per heavy atom. The minimum absolute atomic E-state index is 0.313. The Labute approximate surface area is 136 Å². The molecule has 0 aliphatic carbocycles. The fourth-order valence-corrected chi connectivity index (χ4v) is 2.94. The fourth-order valence-electron chi connectivity index (χ4n) is 2.94. The van der Waals surface area contributed by atoms with Crippen LogP contribution in [0.15, 0.2) is 36.5 Å². The van der Waals surface area contributed by atoms with Gasteiger partial charge in [0, 0.05) is 17.7 Å². The van der Waals surface area contributed by atoms with Gasteiger partial charge in [-0.15, -0.1) is 0 Å². The number of rotatable bonds is 3. The lowest BCUT2D eigenvalue weighted by Gasteiger charge is -2.18. The third-order valence-electron chi connectivity index (χ3n) is 4.14. The molecule has 0 aliphatic heterocycles. The molecule has 1 heterocycles. The average molecular weight is 296 g/mol. The van der Waals surface area contributed by atoms with E-state index in [0.29, 0.717) is 11.3 Å². The van der Waals surface area contributed by atoms with Crippen LogP contribution in [0.4, 0.5) is 0 Å². The molecule has 0 spiro atoms. The number of pyridine rings is 1. The van der Waals surface area contributed by atoms with E-state index in [2.05, 4.69) is 89.7 Å². The second-order valence-corrected chi connectivity index (χ2v) is 8.00. The summed E-state index contributed by atoms with van der Waals surface area (Å²) in [6.07, 6.45) is 3.29. The van der Waals surface area contributed by atoms with Gasteiger partial charge < -0.3 is 0 Å². The lowest BCUT2D eigenvalue weighted by atomic mass is 9.87. The molecule has 22 heavy (non-hydrogen) atoms. The minimum atomic E-state index is 0.313. The van der Waals surface area contributed by atoms with E-state index in [9.17, 15) is 0 Å². The number of aryl methyl sites for hydroxylation is 2. The molecule has 1 nitrogen and oxygen atoms in total. The Balaban J connectivity index is 2.46. The van der Waals surface area contributed by atoms with Crippen molar-refractivity contribution in [1.29, 1.82) is 0 Å². The standard InChI is InChI=1S/C21H30N/c1-15(2)18-8-9-19(16(3)12-18)20-13-17(10-11-22(20)7)14-21(4,5)6/h8-13,15H,14H2,1-7H3/q+1. The van der Waals surface area contributed by atoms with Crippen molar-refractivity contribution in [2.24, 2.45) is 12.5 Å². The van der Waals surface area contributed by atoms with Gasteiger partial charge in [-0.3, -0.25) is 0 Å². The quantitative estimate of drug-likeness (QED) is 0.686. The van der Waals surface area contributed by atoms with E-state index >= 15 is 0 Å². The molecule has 0 saturated heterocycles. The van der Waals surface area contributed by atoms with Crippen LogP contribution < -0.4 is 4.57 Å². The van der Waals surface area contributed by atoms with E-state index in [1.54, 1.807) is 0 Å². The van der Waals surface area contributed by atoms with E-state index in [1.165, 1.54) is 27.9 Å². The van der Waals surface area contributed by atoms with Crippen LogP contribution in [0.25, 0.3) is 11.3 Å². The second kappa shape index (κ2) is 6.24. The predicted molar refractivity (Wildman–Crippen MR) is 95.0 cm³/mol. The molecule has 2 rings (SSSR count). The van der Waals surface area contributed by atoms with Gasteiger partial charge in [-0.2, -0.15) is 0 Å². The van der Waals surface area contributed by atoms with Crippen LogP contribution in [-0.4, -0.2) is 0 Å². The third kappa shape index (κ3) is 3.97. The molecule has 1 heteroatoms. The lowest BCUT2D eigenvalue weighted by molar-refractivity contribution is -0.660. The Morgan fingerprint density at radius 1 is 1.05 bits per heavy atom. The van der Waals surface area contributed by atoms with Gasteiger partial charge in [0.1, 0.15) is 7.05 Å². The molecule has 2 aromatic rings.